The van der Waals surface area contributed by atoms with Gasteiger partial charge in [0.15, 0.2) is 0 Å². The first-order valence-corrected chi connectivity index (χ1v) is 9.34. The van der Waals surface area contributed by atoms with Gasteiger partial charge in [0.2, 0.25) is 11.9 Å². The van der Waals surface area contributed by atoms with Crippen LogP contribution in [0.3, 0.4) is 0 Å². The van der Waals surface area contributed by atoms with E-state index in [1.54, 1.807) is 6.92 Å². The lowest BCUT2D eigenvalue weighted by atomic mass is 9.87. The van der Waals surface area contributed by atoms with Crippen LogP contribution in [0.25, 0.3) is 0 Å². The zero-order valence-corrected chi connectivity index (χ0v) is 15.9. The maximum Gasteiger partial charge on any atom is 0.225 e. The molecule has 1 aromatic carbocycles. The summed E-state index contributed by atoms with van der Waals surface area (Å²) < 4.78 is 0. The van der Waals surface area contributed by atoms with Crippen molar-refractivity contribution in [2.24, 2.45) is 11.8 Å². The molecule has 2 saturated heterocycles. The van der Waals surface area contributed by atoms with E-state index in [1.807, 2.05) is 19.9 Å². The number of fused-ring (bicyclic) bond motifs is 1. The maximum absolute atomic E-state index is 12.3. The van der Waals surface area contributed by atoms with E-state index >= 15 is 0 Å². The molecule has 0 bridgehead atoms. The summed E-state index contributed by atoms with van der Waals surface area (Å²) in [6.07, 6.45) is 0. The Hall–Kier alpha value is -2.43. The standard InChI is InChI=1S/C21H26N4O/c1-13-7-5-6-8-18(13)20-19-12-24(10-17(19)11-25(20)16(4)26)21-22-14(2)9-15(3)23-21/h5-9,17,19-20H,10-12H2,1-4H3/t17-,19-,20-/m1/s1. The van der Waals surface area contributed by atoms with E-state index in [4.69, 9.17) is 0 Å². The Kier molecular flexibility index (Phi) is 4.17. The Bertz CT molecular complexity index is 829. The molecular formula is C21H26N4O. The summed E-state index contributed by atoms with van der Waals surface area (Å²) in [5.74, 6) is 1.88. The van der Waals surface area contributed by atoms with Gasteiger partial charge in [-0.1, -0.05) is 24.3 Å². The first kappa shape index (κ1) is 17.0. The summed E-state index contributed by atoms with van der Waals surface area (Å²) in [7, 11) is 0. The number of aromatic nitrogens is 2. The number of hydrogen-bond donors (Lipinski definition) is 0. The van der Waals surface area contributed by atoms with Crippen LogP contribution < -0.4 is 4.90 Å². The molecule has 0 N–H and O–H groups in total. The van der Waals surface area contributed by atoms with Gasteiger partial charge in [-0.3, -0.25) is 4.79 Å². The molecule has 3 atom stereocenters. The number of aryl methyl sites for hydroxylation is 3. The molecule has 5 nitrogen and oxygen atoms in total. The molecule has 0 aliphatic carbocycles. The Labute approximate surface area is 155 Å². The van der Waals surface area contributed by atoms with E-state index in [0.29, 0.717) is 11.8 Å². The fraction of sp³-hybridized carbons (Fsp3) is 0.476. The summed E-state index contributed by atoms with van der Waals surface area (Å²) in [5, 5.41) is 0. The number of anilines is 1. The van der Waals surface area contributed by atoms with Crippen LogP contribution in [0, 0.1) is 32.6 Å². The number of hydrogen-bond acceptors (Lipinski definition) is 4. The molecule has 26 heavy (non-hydrogen) atoms. The van der Waals surface area contributed by atoms with Crippen LogP contribution in [0.1, 0.15) is 35.5 Å². The quantitative estimate of drug-likeness (QED) is 0.835. The molecule has 1 aromatic heterocycles. The van der Waals surface area contributed by atoms with Gasteiger partial charge in [-0.2, -0.15) is 0 Å². The molecule has 2 aliphatic rings. The molecule has 2 fully saturated rings. The van der Waals surface area contributed by atoms with Gasteiger partial charge in [0, 0.05) is 49.8 Å². The summed E-state index contributed by atoms with van der Waals surface area (Å²) in [5.41, 5.74) is 4.54. The number of carbonyl (C=O) groups is 1. The van der Waals surface area contributed by atoms with Crippen LogP contribution in [0.15, 0.2) is 30.3 Å². The van der Waals surface area contributed by atoms with Crippen molar-refractivity contribution in [3.8, 4) is 0 Å². The first-order chi connectivity index (χ1) is 12.4. The second-order valence-electron chi connectivity index (χ2n) is 7.75. The molecule has 2 aromatic rings. The smallest absolute Gasteiger partial charge is 0.225 e. The molecule has 5 heteroatoms. The third-order valence-electron chi connectivity index (χ3n) is 5.83. The average molecular weight is 350 g/mol. The van der Waals surface area contributed by atoms with Gasteiger partial charge in [-0.15, -0.1) is 0 Å². The highest BCUT2D eigenvalue weighted by Crippen LogP contribution is 2.46. The Morgan fingerprint density at radius 1 is 1.04 bits per heavy atom. The number of benzene rings is 1. The van der Waals surface area contributed by atoms with Crippen molar-refractivity contribution in [1.29, 1.82) is 0 Å². The third-order valence-corrected chi connectivity index (χ3v) is 5.83. The average Bonchev–Trinajstić information content (AvgIpc) is 3.12. The zero-order valence-electron chi connectivity index (χ0n) is 15.9. The summed E-state index contributed by atoms with van der Waals surface area (Å²) in [4.78, 5) is 26.0. The van der Waals surface area contributed by atoms with Crippen molar-refractivity contribution in [1.82, 2.24) is 14.9 Å². The van der Waals surface area contributed by atoms with Gasteiger partial charge in [0.05, 0.1) is 6.04 Å². The summed E-state index contributed by atoms with van der Waals surface area (Å²) in [6, 6.07) is 10.6. The maximum atomic E-state index is 12.3. The van der Waals surface area contributed by atoms with Gasteiger partial charge in [0.25, 0.3) is 0 Å². The fourth-order valence-corrected chi connectivity index (χ4v) is 4.70. The van der Waals surface area contributed by atoms with Crippen LogP contribution in [-0.4, -0.2) is 40.4 Å². The number of carbonyl (C=O) groups excluding carboxylic acids is 1. The van der Waals surface area contributed by atoms with Crippen LogP contribution >= 0.6 is 0 Å². The Morgan fingerprint density at radius 2 is 1.73 bits per heavy atom. The molecule has 2 aliphatic heterocycles. The van der Waals surface area contributed by atoms with E-state index in [2.05, 4.69) is 51.0 Å². The van der Waals surface area contributed by atoms with Gasteiger partial charge >= 0.3 is 0 Å². The van der Waals surface area contributed by atoms with Crippen LogP contribution in [0.2, 0.25) is 0 Å². The fourth-order valence-electron chi connectivity index (χ4n) is 4.70. The number of amides is 1. The Morgan fingerprint density at radius 3 is 2.38 bits per heavy atom. The van der Waals surface area contributed by atoms with Crippen molar-refractivity contribution in [3.63, 3.8) is 0 Å². The van der Waals surface area contributed by atoms with E-state index in [9.17, 15) is 4.79 Å². The SMILES string of the molecule is CC(=O)N1C[C@H]2CN(c3nc(C)cc(C)n3)C[C@H]2[C@H]1c1ccccc1C. The van der Waals surface area contributed by atoms with Crippen LogP contribution in [0.4, 0.5) is 5.95 Å². The summed E-state index contributed by atoms with van der Waals surface area (Å²) >= 11 is 0. The van der Waals surface area contributed by atoms with E-state index in [-0.39, 0.29) is 11.9 Å². The van der Waals surface area contributed by atoms with Crippen LogP contribution in [0.5, 0.6) is 0 Å². The van der Waals surface area contributed by atoms with E-state index in [1.165, 1.54) is 11.1 Å². The first-order valence-electron chi connectivity index (χ1n) is 9.34. The van der Waals surface area contributed by atoms with Crippen molar-refractivity contribution < 1.29 is 4.79 Å². The lowest BCUT2D eigenvalue weighted by Crippen LogP contribution is -2.35. The molecule has 0 radical (unpaired) electrons. The summed E-state index contributed by atoms with van der Waals surface area (Å²) in [6.45, 7) is 10.5. The van der Waals surface area contributed by atoms with Crippen molar-refractivity contribution in [2.45, 2.75) is 33.7 Å². The topological polar surface area (TPSA) is 49.3 Å². The predicted molar refractivity (Wildman–Crippen MR) is 102 cm³/mol. The van der Waals surface area contributed by atoms with Gasteiger partial charge in [0.1, 0.15) is 0 Å². The second kappa shape index (κ2) is 6.38. The zero-order chi connectivity index (χ0) is 18.4. The molecule has 0 spiro atoms. The molecule has 0 saturated carbocycles. The molecule has 4 rings (SSSR count). The molecule has 3 heterocycles. The minimum Gasteiger partial charge on any atom is -0.340 e. The molecular weight excluding hydrogens is 324 g/mol. The highest BCUT2D eigenvalue weighted by atomic mass is 16.2. The molecule has 136 valence electrons. The van der Waals surface area contributed by atoms with Crippen LogP contribution in [-0.2, 0) is 4.79 Å². The van der Waals surface area contributed by atoms with Gasteiger partial charge in [-0.25, -0.2) is 9.97 Å². The Balaban J connectivity index is 1.66. The molecule has 1 amide bonds. The van der Waals surface area contributed by atoms with E-state index < -0.39 is 0 Å². The van der Waals surface area contributed by atoms with Crippen molar-refractivity contribution >= 4 is 11.9 Å². The largest absolute Gasteiger partial charge is 0.340 e. The highest BCUT2D eigenvalue weighted by Gasteiger charge is 2.49. The van der Waals surface area contributed by atoms with Crippen molar-refractivity contribution in [3.05, 3.63) is 52.8 Å². The lowest BCUT2D eigenvalue weighted by Gasteiger charge is -2.30. The minimum atomic E-state index is 0.148. The van der Waals surface area contributed by atoms with Gasteiger partial charge in [-0.05, 0) is 38.0 Å². The molecule has 0 unspecified atom stereocenters. The number of nitrogens with zero attached hydrogens (tertiary/aromatic N) is 4. The lowest BCUT2D eigenvalue weighted by molar-refractivity contribution is -0.130. The third kappa shape index (κ3) is 2.85. The highest BCUT2D eigenvalue weighted by molar-refractivity contribution is 5.74. The van der Waals surface area contributed by atoms with E-state index in [0.717, 1.165) is 37.0 Å². The monoisotopic (exact) mass is 350 g/mol. The number of likely N-dealkylation sites (tertiary alicyclic amines) is 1. The van der Waals surface area contributed by atoms with Gasteiger partial charge < -0.3 is 9.80 Å². The number of rotatable bonds is 2. The minimum absolute atomic E-state index is 0.148. The second-order valence-corrected chi connectivity index (χ2v) is 7.75. The van der Waals surface area contributed by atoms with Crippen molar-refractivity contribution in [2.75, 3.05) is 24.5 Å². The predicted octanol–water partition coefficient (Wildman–Crippen LogP) is 3.06. The normalized spacial score (nSPS) is 24.8.